The monoisotopic (exact) mass is 1180 g/mol. The Labute approximate surface area is 530 Å². The molecule has 7 heteroatoms. The second-order valence-electron chi connectivity index (χ2n) is 23.3. The summed E-state index contributed by atoms with van der Waals surface area (Å²) in [6, 6.07) is 124. The van der Waals surface area contributed by atoms with Gasteiger partial charge in [-0.25, -0.2) is 0 Å². The smallest absolute Gasteiger partial charge is 0.0542 e. The molecule has 0 unspecified atom stereocenters. The number of rotatable bonds is 12. The van der Waals surface area contributed by atoms with Crippen LogP contribution in [0.4, 0.5) is 34.1 Å². The average molecular weight is 1180 g/mol. The molecular formula is C84H56N6S. The van der Waals surface area contributed by atoms with Gasteiger partial charge in [0.15, 0.2) is 0 Å². The first kappa shape index (κ1) is 52.4. The molecule has 0 aliphatic heterocycles. The van der Waals surface area contributed by atoms with Crippen molar-refractivity contribution in [3.63, 3.8) is 0 Å². The number of para-hydroxylation sites is 8. The molecule has 0 atom stereocenters. The fourth-order valence-electron chi connectivity index (χ4n) is 14.2. The van der Waals surface area contributed by atoms with Crippen LogP contribution >= 0.6 is 11.8 Å². The fraction of sp³-hybridized carbons (Fsp3) is 0. The number of benzene rings is 14. The normalized spacial score (nSPS) is 11.8. The summed E-state index contributed by atoms with van der Waals surface area (Å²) in [5.74, 6) is 0. The van der Waals surface area contributed by atoms with Crippen LogP contribution in [0.2, 0.25) is 0 Å². The lowest BCUT2D eigenvalue weighted by atomic mass is 10.1. The van der Waals surface area contributed by atoms with E-state index in [1.165, 1.54) is 87.2 Å². The highest BCUT2D eigenvalue weighted by Gasteiger charge is 2.23. The predicted octanol–water partition coefficient (Wildman–Crippen LogP) is 23.2. The van der Waals surface area contributed by atoms with Gasteiger partial charge in [0.25, 0.3) is 0 Å². The molecule has 91 heavy (non-hydrogen) atoms. The van der Waals surface area contributed by atoms with Gasteiger partial charge in [-0.05, 0) is 194 Å². The second-order valence-corrected chi connectivity index (χ2v) is 24.5. The van der Waals surface area contributed by atoms with Crippen LogP contribution < -0.4 is 9.80 Å². The number of aromatic nitrogens is 4. The predicted molar refractivity (Wildman–Crippen MR) is 384 cm³/mol. The van der Waals surface area contributed by atoms with Gasteiger partial charge in [-0.15, -0.1) is 0 Å². The zero-order chi connectivity index (χ0) is 59.9. The highest BCUT2D eigenvalue weighted by atomic mass is 32.2. The molecular weight excluding hydrogens is 1130 g/mol. The topological polar surface area (TPSA) is 26.2 Å². The van der Waals surface area contributed by atoms with Crippen molar-refractivity contribution in [1.29, 1.82) is 0 Å². The van der Waals surface area contributed by atoms with Crippen LogP contribution in [0.15, 0.2) is 350 Å². The third kappa shape index (κ3) is 8.73. The van der Waals surface area contributed by atoms with Crippen molar-refractivity contribution in [2.75, 3.05) is 9.80 Å². The molecule has 0 spiro atoms. The molecule has 4 heterocycles. The van der Waals surface area contributed by atoms with Crippen LogP contribution in [0.1, 0.15) is 0 Å². The van der Waals surface area contributed by atoms with E-state index in [4.69, 9.17) is 0 Å². The van der Waals surface area contributed by atoms with Crippen LogP contribution in [0.25, 0.3) is 110 Å². The quantitative estimate of drug-likeness (QED) is 0.122. The Morgan fingerprint density at radius 1 is 0.176 bits per heavy atom. The number of hydrogen-bond acceptors (Lipinski definition) is 3. The van der Waals surface area contributed by atoms with Gasteiger partial charge in [-0.3, -0.25) is 0 Å². The molecule has 0 N–H and O–H groups in total. The first-order chi connectivity index (χ1) is 45.1. The largest absolute Gasteiger partial charge is 0.310 e. The molecule has 0 saturated carbocycles. The minimum Gasteiger partial charge on any atom is -0.310 e. The highest BCUT2D eigenvalue weighted by Crippen LogP contribution is 2.46. The summed E-state index contributed by atoms with van der Waals surface area (Å²) in [6.45, 7) is 0. The minimum atomic E-state index is 1.07. The molecule has 428 valence electrons. The molecule has 14 aromatic carbocycles. The Bertz CT molecular complexity index is 5110. The SMILES string of the molecule is c1ccc(-n2c3ccccc3c3cc(N(c4ccc(Sc5ccc(N(c6ccc7c(c6)c6ccccc6n7-c6ccccc6)c6ccc7c(c6)c6ccccc6n7-c6ccccc6)cc5)cc4)c4ccc5c(c4)c4ccccc4n5-c4ccccc4)ccc32)cc1. The maximum Gasteiger partial charge on any atom is 0.0542 e. The van der Waals surface area contributed by atoms with Crippen LogP contribution in [-0.2, 0) is 0 Å². The lowest BCUT2D eigenvalue weighted by molar-refractivity contribution is 1.18. The van der Waals surface area contributed by atoms with E-state index >= 15 is 0 Å². The highest BCUT2D eigenvalue weighted by molar-refractivity contribution is 7.99. The third-order valence-corrected chi connectivity index (χ3v) is 19.2. The summed E-state index contributed by atoms with van der Waals surface area (Å²) in [7, 11) is 0. The molecule has 0 saturated heterocycles. The summed E-state index contributed by atoms with van der Waals surface area (Å²) in [4.78, 5) is 7.15. The van der Waals surface area contributed by atoms with Crippen molar-refractivity contribution in [3.8, 4) is 22.7 Å². The molecule has 0 fully saturated rings. The summed E-state index contributed by atoms with van der Waals surface area (Å²) in [5, 5.41) is 9.66. The zero-order valence-electron chi connectivity index (χ0n) is 49.4. The first-order valence-electron chi connectivity index (χ1n) is 31.0. The van der Waals surface area contributed by atoms with E-state index in [0.29, 0.717) is 0 Å². The number of hydrogen-bond donors (Lipinski definition) is 0. The number of fused-ring (bicyclic) bond motifs is 12. The lowest BCUT2D eigenvalue weighted by Gasteiger charge is -2.26. The summed E-state index contributed by atoms with van der Waals surface area (Å²) in [6.07, 6.45) is 0. The van der Waals surface area contributed by atoms with Gasteiger partial charge >= 0.3 is 0 Å². The maximum absolute atomic E-state index is 2.42. The van der Waals surface area contributed by atoms with Crippen molar-refractivity contribution >= 4 is 133 Å². The fourth-order valence-corrected chi connectivity index (χ4v) is 15.0. The molecule has 18 aromatic rings. The lowest BCUT2D eigenvalue weighted by Crippen LogP contribution is -2.10. The van der Waals surface area contributed by atoms with Crippen LogP contribution in [0.3, 0.4) is 0 Å². The van der Waals surface area contributed by atoms with E-state index in [1.807, 2.05) is 0 Å². The van der Waals surface area contributed by atoms with E-state index in [1.54, 1.807) is 11.8 Å². The Kier molecular flexibility index (Phi) is 12.4. The van der Waals surface area contributed by atoms with Crippen LogP contribution in [-0.4, -0.2) is 18.3 Å². The first-order valence-corrected chi connectivity index (χ1v) is 31.8. The third-order valence-electron chi connectivity index (χ3n) is 18.1. The Morgan fingerprint density at radius 2 is 0.385 bits per heavy atom. The summed E-state index contributed by atoms with van der Waals surface area (Å²) >= 11 is 1.78. The van der Waals surface area contributed by atoms with Crippen molar-refractivity contribution in [1.82, 2.24) is 18.3 Å². The van der Waals surface area contributed by atoms with Gasteiger partial charge in [0.2, 0.25) is 0 Å². The van der Waals surface area contributed by atoms with Gasteiger partial charge in [0, 0.05) is 110 Å². The van der Waals surface area contributed by atoms with Crippen molar-refractivity contribution in [2.24, 2.45) is 0 Å². The molecule has 0 aliphatic rings. The van der Waals surface area contributed by atoms with Crippen LogP contribution in [0.5, 0.6) is 0 Å². The molecule has 18 rings (SSSR count). The Morgan fingerprint density at radius 3 is 0.637 bits per heavy atom. The van der Waals surface area contributed by atoms with Gasteiger partial charge < -0.3 is 28.1 Å². The summed E-state index contributed by atoms with van der Waals surface area (Å²) in [5.41, 5.74) is 20.4. The van der Waals surface area contributed by atoms with E-state index < -0.39 is 0 Å². The van der Waals surface area contributed by atoms with Gasteiger partial charge in [0.05, 0.1) is 44.1 Å². The zero-order valence-corrected chi connectivity index (χ0v) is 50.2. The average Bonchev–Trinajstić information content (AvgIpc) is 1.69. The van der Waals surface area contributed by atoms with Gasteiger partial charge in [0.1, 0.15) is 0 Å². The standard InChI is InChI=1S/C84H56N6S/c1-5-21-57(22-6-1)87-77-33-17-13-29-69(77)73-53-63(41-49-81(73)87)85(64-42-50-82-74(54-64)70-30-14-18-34-78(70)88(82)58-23-7-2-8-24-58)61-37-45-67(46-38-61)91-68-47-39-62(40-48-68)86(65-43-51-83-75(55-65)71-31-15-19-35-79(71)89(83)59-25-9-3-10-26-59)66-44-52-84-76(56-66)72-32-16-20-36-80(72)90(84)60-27-11-4-12-28-60/h1-56H. The molecule has 0 radical (unpaired) electrons. The van der Waals surface area contributed by atoms with E-state index in [2.05, 4.69) is 368 Å². The van der Waals surface area contributed by atoms with E-state index in [9.17, 15) is 0 Å². The number of nitrogens with zero attached hydrogens (tertiary/aromatic N) is 6. The van der Waals surface area contributed by atoms with Crippen molar-refractivity contribution in [2.45, 2.75) is 9.79 Å². The molecule has 6 nitrogen and oxygen atoms in total. The number of anilines is 6. The molecule has 4 aromatic heterocycles. The van der Waals surface area contributed by atoms with Gasteiger partial charge in [-0.1, -0.05) is 157 Å². The maximum atomic E-state index is 2.42. The van der Waals surface area contributed by atoms with Crippen molar-refractivity contribution < 1.29 is 0 Å². The molecule has 0 bridgehead atoms. The second kappa shape index (κ2) is 21.5. The minimum absolute atomic E-state index is 1.07. The Balaban J connectivity index is 0.737. The Hall–Kier alpha value is -11.8. The van der Waals surface area contributed by atoms with Crippen molar-refractivity contribution in [3.05, 3.63) is 340 Å². The van der Waals surface area contributed by atoms with E-state index in [0.717, 1.165) is 66.7 Å². The molecule has 0 amide bonds. The summed E-state index contributed by atoms with van der Waals surface area (Å²) < 4.78 is 9.54. The van der Waals surface area contributed by atoms with Crippen LogP contribution in [0, 0.1) is 0 Å². The molecule has 0 aliphatic carbocycles. The van der Waals surface area contributed by atoms with E-state index in [-0.39, 0.29) is 0 Å². The van der Waals surface area contributed by atoms with Gasteiger partial charge in [-0.2, -0.15) is 0 Å².